The highest BCUT2D eigenvalue weighted by Crippen LogP contribution is 2.25. The van der Waals surface area contributed by atoms with Crippen LogP contribution in [0.2, 0.25) is 5.02 Å². The summed E-state index contributed by atoms with van der Waals surface area (Å²) in [7, 11) is 0. The third-order valence-corrected chi connectivity index (χ3v) is 2.57. The normalized spacial score (nSPS) is 10.3. The molecular formula is C11H9ClN2. The van der Waals surface area contributed by atoms with E-state index in [2.05, 4.69) is 11.1 Å². The van der Waals surface area contributed by atoms with Crippen molar-refractivity contribution in [3.05, 3.63) is 35.0 Å². The quantitative estimate of drug-likeness (QED) is 0.801. The lowest BCUT2D eigenvalue weighted by Gasteiger charge is -1.95. The molecule has 2 rings (SSSR count). The number of nitrogens with zero attached hydrogens (tertiary/aromatic N) is 1. The number of halogens is 1. The number of aromatic amines is 1. The third kappa shape index (κ3) is 1.47. The summed E-state index contributed by atoms with van der Waals surface area (Å²) in [5.41, 5.74) is 2.12. The summed E-state index contributed by atoms with van der Waals surface area (Å²) < 4.78 is 0. The van der Waals surface area contributed by atoms with Crippen molar-refractivity contribution in [2.45, 2.75) is 12.8 Å². The van der Waals surface area contributed by atoms with Crippen LogP contribution in [0, 0.1) is 11.3 Å². The van der Waals surface area contributed by atoms with Crippen molar-refractivity contribution in [1.29, 1.82) is 5.26 Å². The molecular weight excluding hydrogens is 196 g/mol. The molecule has 1 heterocycles. The number of fused-ring (bicyclic) bond motifs is 1. The first-order valence-corrected chi connectivity index (χ1v) is 4.82. The smallest absolute Gasteiger partial charge is 0.0647 e. The molecule has 0 saturated carbocycles. The first kappa shape index (κ1) is 9.11. The Hall–Kier alpha value is -1.46. The van der Waals surface area contributed by atoms with Gasteiger partial charge in [0.2, 0.25) is 0 Å². The minimum atomic E-state index is 0.541. The molecule has 0 aliphatic carbocycles. The van der Waals surface area contributed by atoms with Gasteiger partial charge in [0, 0.05) is 18.0 Å². The van der Waals surface area contributed by atoms with E-state index in [-0.39, 0.29) is 0 Å². The standard InChI is InChI=1S/C11H9ClN2/c12-10-5-1-4-9-8(3-2-6-13)7-14-11(9)10/h1,4-5,7,14H,2-3H2. The molecule has 0 bridgehead atoms. The first-order valence-electron chi connectivity index (χ1n) is 4.44. The second-order valence-corrected chi connectivity index (χ2v) is 3.54. The van der Waals surface area contributed by atoms with E-state index >= 15 is 0 Å². The Bertz CT molecular complexity index is 493. The molecule has 70 valence electrons. The lowest BCUT2D eigenvalue weighted by atomic mass is 10.1. The Labute approximate surface area is 87.1 Å². The SMILES string of the molecule is N#CCCc1c[nH]c2c(Cl)cccc12. The van der Waals surface area contributed by atoms with Gasteiger partial charge in [-0.3, -0.25) is 0 Å². The fourth-order valence-corrected chi connectivity index (χ4v) is 1.80. The lowest BCUT2D eigenvalue weighted by Crippen LogP contribution is -1.80. The molecule has 2 nitrogen and oxygen atoms in total. The van der Waals surface area contributed by atoms with Gasteiger partial charge in [-0.15, -0.1) is 0 Å². The molecule has 0 spiro atoms. The first-order chi connectivity index (χ1) is 6.83. The van der Waals surface area contributed by atoms with E-state index in [9.17, 15) is 0 Å². The molecule has 14 heavy (non-hydrogen) atoms. The van der Waals surface area contributed by atoms with Crippen molar-refractivity contribution in [3.8, 4) is 6.07 Å². The van der Waals surface area contributed by atoms with Crippen LogP contribution in [0.1, 0.15) is 12.0 Å². The van der Waals surface area contributed by atoms with E-state index in [0.29, 0.717) is 6.42 Å². The average molecular weight is 205 g/mol. The Morgan fingerprint density at radius 2 is 2.29 bits per heavy atom. The minimum Gasteiger partial charge on any atom is -0.360 e. The number of hydrogen-bond acceptors (Lipinski definition) is 1. The Morgan fingerprint density at radius 3 is 3.07 bits per heavy atom. The molecule has 1 aromatic carbocycles. The van der Waals surface area contributed by atoms with Gasteiger partial charge in [0.15, 0.2) is 0 Å². The monoisotopic (exact) mass is 204 g/mol. The van der Waals surface area contributed by atoms with Gasteiger partial charge >= 0.3 is 0 Å². The van der Waals surface area contributed by atoms with Crippen LogP contribution in [0.5, 0.6) is 0 Å². The molecule has 2 aromatic rings. The van der Waals surface area contributed by atoms with E-state index < -0.39 is 0 Å². The number of rotatable bonds is 2. The highest BCUT2D eigenvalue weighted by atomic mass is 35.5. The van der Waals surface area contributed by atoms with Crippen molar-refractivity contribution in [3.63, 3.8) is 0 Å². The van der Waals surface area contributed by atoms with Gasteiger partial charge in [0.05, 0.1) is 16.6 Å². The van der Waals surface area contributed by atoms with Gasteiger partial charge in [-0.1, -0.05) is 23.7 Å². The molecule has 0 radical (unpaired) electrons. The molecule has 0 atom stereocenters. The predicted octanol–water partition coefficient (Wildman–Crippen LogP) is 3.28. The van der Waals surface area contributed by atoms with Crippen molar-refractivity contribution in [2.24, 2.45) is 0 Å². The summed E-state index contributed by atoms with van der Waals surface area (Å²) in [6.45, 7) is 0. The van der Waals surface area contributed by atoms with Crippen LogP contribution < -0.4 is 0 Å². The molecule has 0 aliphatic rings. The highest BCUT2D eigenvalue weighted by Gasteiger charge is 2.05. The fraction of sp³-hybridized carbons (Fsp3) is 0.182. The predicted molar refractivity (Wildman–Crippen MR) is 57.2 cm³/mol. The number of benzene rings is 1. The van der Waals surface area contributed by atoms with Crippen LogP contribution >= 0.6 is 11.6 Å². The summed E-state index contributed by atoms with van der Waals surface area (Å²) in [4.78, 5) is 3.12. The Balaban J connectivity index is 2.48. The van der Waals surface area contributed by atoms with E-state index in [1.54, 1.807) is 0 Å². The zero-order valence-corrected chi connectivity index (χ0v) is 8.30. The Kier molecular flexibility index (Phi) is 2.43. The summed E-state index contributed by atoms with van der Waals surface area (Å²) in [5.74, 6) is 0. The van der Waals surface area contributed by atoms with Crippen LogP contribution in [-0.2, 0) is 6.42 Å². The highest BCUT2D eigenvalue weighted by molar-refractivity contribution is 6.35. The van der Waals surface area contributed by atoms with Crippen molar-refractivity contribution < 1.29 is 0 Å². The van der Waals surface area contributed by atoms with Gasteiger partial charge in [0.1, 0.15) is 0 Å². The summed E-state index contributed by atoms with van der Waals surface area (Å²) >= 11 is 6.01. The molecule has 0 aliphatic heterocycles. The van der Waals surface area contributed by atoms with Crippen molar-refractivity contribution in [1.82, 2.24) is 4.98 Å². The van der Waals surface area contributed by atoms with Gasteiger partial charge in [-0.05, 0) is 18.1 Å². The van der Waals surface area contributed by atoms with Crippen LogP contribution in [0.4, 0.5) is 0 Å². The largest absolute Gasteiger partial charge is 0.360 e. The van der Waals surface area contributed by atoms with Crippen LogP contribution in [0.3, 0.4) is 0 Å². The number of nitriles is 1. The maximum atomic E-state index is 8.51. The van der Waals surface area contributed by atoms with Crippen LogP contribution in [0.15, 0.2) is 24.4 Å². The zero-order chi connectivity index (χ0) is 9.97. The summed E-state index contributed by atoms with van der Waals surface area (Å²) in [6, 6.07) is 7.94. The van der Waals surface area contributed by atoms with E-state index in [1.807, 2.05) is 24.4 Å². The minimum absolute atomic E-state index is 0.541. The topological polar surface area (TPSA) is 39.6 Å². The number of nitrogens with one attached hydrogen (secondary N) is 1. The van der Waals surface area contributed by atoms with E-state index in [1.165, 1.54) is 0 Å². The second-order valence-electron chi connectivity index (χ2n) is 3.13. The molecule has 0 unspecified atom stereocenters. The molecule has 1 N–H and O–H groups in total. The third-order valence-electron chi connectivity index (χ3n) is 2.26. The lowest BCUT2D eigenvalue weighted by molar-refractivity contribution is 1.02. The van der Waals surface area contributed by atoms with Crippen molar-refractivity contribution >= 4 is 22.5 Å². The maximum Gasteiger partial charge on any atom is 0.0647 e. The fourth-order valence-electron chi connectivity index (χ4n) is 1.57. The second kappa shape index (κ2) is 3.73. The number of para-hydroxylation sites is 1. The number of aryl methyl sites for hydroxylation is 1. The zero-order valence-electron chi connectivity index (χ0n) is 7.55. The number of aromatic nitrogens is 1. The summed E-state index contributed by atoms with van der Waals surface area (Å²) in [6.07, 6.45) is 3.24. The van der Waals surface area contributed by atoms with Gasteiger partial charge < -0.3 is 4.98 Å². The molecule has 0 saturated heterocycles. The van der Waals surface area contributed by atoms with Crippen LogP contribution in [0.25, 0.3) is 10.9 Å². The number of hydrogen-bond donors (Lipinski definition) is 1. The van der Waals surface area contributed by atoms with E-state index in [0.717, 1.165) is 27.9 Å². The number of H-pyrrole nitrogens is 1. The van der Waals surface area contributed by atoms with Gasteiger partial charge in [0.25, 0.3) is 0 Å². The average Bonchev–Trinajstić information content (AvgIpc) is 2.60. The summed E-state index contributed by atoms with van der Waals surface area (Å²) in [5, 5.41) is 10.4. The van der Waals surface area contributed by atoms with E-state index in [4.69, 9.17) is 16.9 Å². The molecule has 0 amide bonds. The molecule has 3 heteroatoms. The van der Waals surface area contributed by atoms with Gasteiger partial charge in [-0.2, -0.15) is 5.26 Å². The maximum absolute atomic E-state index is 8.51. The Morgan fingerprint density at radius 1 is 1.43 bits per heavy atom. The van der Waals surface area contributed by atoms with Gasteiger partial charge in [-0.25, -0.2) is 0 Å². The molecule has 0 fully saturated rings. The molecule has 1 aromatic heterocycles. The van der Waals surface area contributed by atoms with Crippen LogP contribution in [-0.4, -0.2) is 4.98 Å². The van der Waals surface area contributed by atoms with Crippen molar-refractivity contribution in [2.75, 3.05) is 0 Å².